The van der Waals surface area contributed by atoms with E-state index in [9.17, 15) is 4.79 Å². The fraction of sp³-hybridized carbons (Fsp3) is 0.308. The molecule has 0 spiro atoms. The van der Waals surface area contributed by atoms with Crippen LogP contribution in [0.5, 0.6) is 0 Å². The molecule has 0 saturated heterocycles. The maximum atomic E-state index is 11.5. The number of hydrogen-bond donors (Lipinski definition) is 1. The zero-order valence-electron chi connectivity index (χ0n) is 10.0. The second kappa shape index (κ2) is 6.08. The number of benzene rings is 1. The highest BCUT2D eigenvalue weighted by Crippen LogP contribution is 2.08. The van der Waals surface area contributed by atoms with Crippen LogP contribution < -0.4 is 5.32 Å². The zero-order chi connectivity index (χ0) is 12.0. The minimum Gasteiger partial charge on any atom is -0.323 e. The third-order valence-corrected chi connectivity index (χ3v) is 2.06. The standard InChI is InChI=1S/C13H18N2O/c1-11-6-8-12(9-7-11)14-13(16)5-4-10-15(2)3/h4-9H,10H2,1-3H3,(H,14,16)/b5-4+. The Hall–Kier alpha value is -1.61. The summed E-state index contributed by atoms with van der Waals surface area (Å²) in [7, 11) is 3.92. The summed E-state index contributed by atoms with van der Waals surface area (Å²) in [6, 6.07) is 7.73. The van der Waals surface area contributed by atoms with Crippen molar-refractivity contribution in [1.82, 2.24) is 4.90 Å². The number of anilines is 1. The van der Waals surface area contributed by atoms with E-state index in [2.05, 4.69) is 5.32 Å². The Morgan fingerprint density at radius 2 is 1.94 bits per heavy atom. The maximum absolute atomic E-state index is 11.5. The van der Waals surface area contributed by atoms with E-state index in [1.54, 1.807) is 6.08 Å². The molecule has 0 aliphatic rings. The van der Waals surface area contributed by atoms with Gasteiger partial charge in [-0.15, -0.1) is 0 Å². The van der Waals surface area contributed by atoms with E-state index >= 15 is 0 Å². The first-order valence-electron chi connectivity index (χ1n) is 5.27. The topological polar surface area (TPSA) is 32.3 Å². The highest BCUT2D eigenvalue weighted by Gasteiger charge is 1.96. The minimum atomic E-state index is -0.0919. The van der Waals surface area contributed by atoms with Crippen LogP contribution in [0.1, 0.15) is 5.56 Å². The number of carbonyl (C=O) groups is 1. The van der Waals surface area contributed by atoms with E-state index < -0.39 is 0 Å². The van der Waals surface area contributed by atoms with Crippen molar-refractivity contribution in [2.45, 2.75) is 6.92 Å². The van der Waals surface area contributed by atoms with Crippen molar-refractivity contribution in [2.75, 3.05) is 26.0 Å². The van der Waals surface area contributed by atoms with Gasteiger partial charge in [-0.25, -0.2) is 0 Å². The molecule has 0 aliphatic heterocycles. The SMILES string of the molecule is Cc1ccc(NC(=O)/C=C/CN(C)C)cc1. The molecule has 0 saturated carbocycles. The van der Waals surface area contributed by atoms with E-state index in [0.717, 1.165) is 12.2 Å². The molecule has 16 heavy (non-hydrogen) atoms. The number of likely N-dealkylation sites (N-methyl/N-ethyl adjacent to an activating group) is 1. The van der Waals surface area contributed by atoms with Crippen LogP contribution in [0.2, 0.25) is 0 Å². The van der Waals surface area contributed by atoms with E-state index in [1.807, 2.05) is 56.3 Å². The highest BCUT2D eigenvalue weighted by molar-refractivity contribution is 5.99. The van der Waals surface area contributed by atoms with Gasteiger partial charge in [-0.1, -0.05) is 23.8 Å². The van der Waals surface area contributed by atoms with Gasteiger partial charge in [-0.3, -0.25) is 4.79 Å². The second-order valence-electron chi connectivity index (χ2n) is 4.02. The number of hydrogen-bond acceptors (Lipinski definition) is 2. The first-order chi connectivity index (χ1) is 7.58. The van der Waals surface area contributed by atoms with Gasteiger partial charge in [0.2, 0.25) is 5.91 Å². The van der Waals surface area contributed by atoms with Crippen molar-refractivity contribution in [3.63, 3.8) is 0 Å². The molecule has 0 unspecified atom stereocenters. The summed E-state index contributed by atoms with van der Waals surface area (Å²) in [4.78, 5) is 13.5. The highest BCUT2D eigenvalue weighted by atomic mass is 16.1. The van der Waals surface area contributed by atoms with Crippen molar-refractivity contribution in [1.29, 1.82) is 0 Å². The van der Waals surface area contributed by atoms with Crippen LogP contribution in [0.15, 0.2) is 36.4 Å². The third kappa shape index (κ3) is 4.75. The van der Waals surface area contributed by atoms with Crippen LogP contribution >= 0.6 is 0 Å². The first kappa shape index (κ1) is 12.5. The second-order valence-corrected chi connectivity index (χ2v) is 4.02. The Balaban J connectivity index is 2.45. The molecule has 3 nitrogen and oxygen atoms in total. The van der Waals surface area contributed by atoms with E-state index in [4.69, 9.17) is 0 Å². The molecule has 1 aromatic rings. The lowest BCUT2D eigenvalue weighted by Crippen LogP contribution is -2.12. The number of carbonyl (C=O) groups excluding carboxylic acids is 1. The van der Waals surface area contributed by atoms with Crippen molar-refractivity contribution in [2.24, 2.45) is 0 Å². The van der Waals surface area contributed by atoms with Gasteiger partial charge in [-0.2, -0.15) is 0 Å². The summed E-state index contributed by atoms with van der Waals surface area (Å²) in [5, 5.41) is 2.80. The Morgan fingerprint density at radius 3 is 2.50 bits per heavy atom. The summed E-state index contributed by atoms with van der Waals surface area (Å²) >= 11 is 0. The molecule has 0 atom stereocenters. The van der Waals surface area contributed by atoms with Gasteiger partial charge in [-0.05, 0) is 33.2 Å². The lowest BCUT2D eigenvalue weighted by Gasteiger charge is -2.04. The Morgan fingerprint density at radius 1 is 1.31 bits per heavy atom. The third-order valence-electron chi connectivity index (χ3n) is 2.06. The lowest BCUT2D eigenvalue weighted by atomic mass is 10.2. The van der Waals surface area contributed by atoms with Crippen LogP contribution in [0.3, 0.4) is 0 Å². The molecule has 0 radical (unpaired) electrons. The van der Waals surface area contributed by atoms with Gasteiger partial charge in [0.15, 0.2) is 0 Å². The number of amides is 1. The molecule has 0 aliphatic carbocycles. The summed E-state index contributed by atoms with van der Waals surface area (Å²) in [6.07, 6.45) is 3.39. The van der Waals surface area contributed by atoms with Crippen molar-refractivity contribution in [3.05, 3.63) is 42.0 Å². The number of nitrogens with one attached hydrogen (secondary N) is 1. The lowest BCUT2D eigenvalue weighted by molar-refractivity contribution is -0.111. The monoisotopic (exact) mass is 218 g/mol. The van der Waals surface area contributed by atoms with Crippen molar-refractivity contribution in [3.8, 4) is 0 Å². The molecule has 3 heteroatoms. The summed E-state index contributed by atoms with van der Waals surface area (Å²) < 4.78 is 0. The Labute approximate surface area is 96.8 Å². The Kier molecular flexibility index (Phi) is 4.73. The zero-order valence-corrected chi connectivity index (χ0v) is 10.0. The number of nitrogens with zero attached hydrogens (tertiary/aromatic N) is 1. The van der Waals surface area contributed by atoms with Crippen LogP contribution in [0.25, 0.3) is 0 Å². The number of aryl methyl sites for hydroxylation is 1. The average molecular weight is 218 g/mol. The smallest absolute Gasteiger partial charge is 0.248 e. The number of rotatable bonds is 4. The molecular weight excluding hydrogens is 200 g/mol. The van der Waals surface area contributed by atoms with Gasteiger partial charge in [0.25, 0.3) is 0 Å². The predicted octanol–water partition coefficient (Wildman–Crippen LogP) is 2.05. The van der Waals surface area contributed by atoms with Gasteiger partial charge in [0.1, 0.15) is 0 Å². The molecule has 1 aromatic carbocycles. The van der Waals surface area contributed by atoms with Crippen LogP contribution in [0.4, 0.5) is 5.69 Å². The van der Waals surface area contributed by atoms with Gasteiger partial charge < -0.3 is 10.2 Å². The van der Waals surface area contributed by atoms with Crippen molar-refractivity contribution < 1.29 is 4.79 Å². The van der Waals surface area contributed by atoms with E-state index in [0.29, 0.717) is 0 Å². The average Bonchev–Trinajstić information content (AvgIpc) is 2.21. The van der Waals surface area contributed by atoms with E-state index in [1.165, 1.54) is 5.56 Å². The van der Waals surface area contributed by atoms with E-state index in [-0.39, 0.29) is 5.91 Å². The molecule has 86 valence electrons. The van der Waals surface area contributed by atoms with Gasteiger partial charge in [0, 0.05) is 18.3 Å². The molecule has 0 bridgehead atoms. The fourth-order valence-electron chi connectivity index (χ4n) is 1.19. The van der Waals surface area contributed by atoms with Crippen LogP contribution in [0, 0.1) is 6.92 Å². The molecule has 0 fully saturated rings. The molecule has 1 amide bonds. The predicted molar refractivity (Wildman–Crippen MR) is 67.5 cm³/mol. The van der Waals surface area contributed by atoms with Gasteiger partial charge in [0.05, 0.1) is 0 Å². The largest absolute Gasteiger partial charge is 0.323 e. The summed E-state index contributed by atoms with van der Waals surface area (Å²) in [5.41, 5.74) is 2.01. The molecule has 1 N–H and O–H groups in total. The summed E-state index contributed by atoms with van der Waals surface area (Å²) in [5.74, 6) is -0.0919. The normalized spacial score (nSPS) is 11.0. The molecule has 1 rings (SSSR count). The van der Waals surface area contributed by atoms with Crippen molar-refractivity contribution >= 4 is 11.6 Å². The molecular formula is C13H18N2O. The molecule has 0 aromatic heterocycles. The van der Waals surface area contributed by atoms with Crippen LogP contribution in [-0.2, 0) is 4.79 Å². The Bertz CT molecular complexity index is 366. The quantitative estimate of drug-likeness (QED) is 0.784. The minimum absolute atomic E-state index is 0.0919. The first-order valence-corrected chi connectivity index (χ1v) is 5.27. The van der Waals surface area contributed by atoms with Crippen LogP contribution in [-0.4, -0.2) is 31.4 Å². The fourth-order valence-corrected chi connectivity index (χ4v) is 1.19. The summed E-state index contributed by atoms with van der Waals surface area (Å²) in [6.45, 7) is 2.78. The molecule has 0 heterocycles. The van der Waals surface area contributed by atoms with Gasteiger partial charge >= 0.3 is 0 Å². The maximum Gasteiger partial charge on any atom is 0.248 e.